The first-order chi connectivity index (χ1) is 15.2. The zero-order valence-corrected chi connectivity index (χ0v) is 18.5. The van der Waals surface area contributed by atoms with Crippen molar-refractivity contribution in [3.05, 3.63) is 48.6 Å². The van der Waals surface area contributed by atoms with Crippen LogP contribution in [0.15, 0.2) is 48.6 Å². The summed E-state index contributed by atoms with van der Waals surface area (Å²) in [5, 5.41) is 18.8. The molecule has 32 heavy (non-hydrogen) atoms. The average molecular weight is 415 g/mol. The van der Waals surface area contributed by atoms with Gasteiger partial charge in [-0.05, 0) is 112 Å². The highest BCUT2D eigenvalue weighted by atomic mass is 16.3. The predicted octanol–water partition coefficient (Wildman–Crippen LogP) is 2.78. The number of allylic oxidation sites excluding steroid dienone is 8. The Morgan fingerprint density at radius 1 is 0.375 bits per heavy atom. The standard InChI is InChI=1S/C30H22O2/c1-29(2,31)27-25-23-21-19-17-15-13-11-9-7-5-6-8-10-12-14-16-18-20-22-24-26-28-30(3,4)32/h9-12,21-24,31-32H,1-4H3/b11-9+,12-10+,23-21+,24-22+. The van der Waals surface area contributed by atoms with Crippen LogP contribution in [0.3, 0.4) is 0 Å². The van der Waals surface area contributed by atoms with Gasteiger partial charge in [0.2, 0.25) is 0 Å². The van der Waals surface area contributed by atoms with Crippen LogP contribution < -0.4 is 0 Å². The smallest absolute Gasteiger partial charge is 0.120 e. The number of hydrogen-bond donors (Lipinski definition) is 2. The zero-order valence-electron chi connectivity index (χ0n) is 18.5. The van der Waals surface area contributed by atoms with Gasteiger partial charge in [0, 0.05) is 0 Å². The van der Waals surface area contributed by atoms with Gasteiger partial charge in [0.05, 0.1) is 0 Å². The lowest BCUT2D eigenvalue weighted by atomic mass is 10.1. The Balaban J connectivity index is 4.34. The van der Waals surface area contributed by atoms with E-state index in [0.717, 1.165) is 0 Å². The van der Waals surface area contributed by atoms with Crippen LogP contribution in [0.1, 0.15) is 27.7 Å². The van der Waals surface area contributed by atoms with Crippen LogP contribution in [0.5, 0.6) is 0 Å². The van der Waals surface area contributed by atoms with Crippen LogP contribution >= 0.6 is 0 Å². The third-order valence-corrected chi connectivity index (χ3v) is 2.38. The first-order valence-corrected chi connectivity index (χ1v) is 9.34. The van der Waals surface area contributed by atoms with Gasteiger partial charge in [-0.1, -0.05) is 59.2 Å². The minimum absolute atomic E-state index is 1.01. The van der Waals surface area contributed by atoms with Crippen LogP contribution in [0.2, 0.25) is 0 Å². The quantitative estimate of drug-likeness (QED) is 0.599. The highest BCUT2D eigenvalue weighted by Gasteiger charge is 2.04. The first-order valence-electron chi connectivity index (χ1n) is 9.34. The van der Waals surface area contributed by atoms with Crippen molar-refractivity contribution < 1.29 is 10.2 Å². The van der Waals surface area contributed by atoms with Crippen molar-refractivity contribution in [1.29, 1.82) is 0 Å². The molecule has 0 saturated heterocycles. The van der Waals surface area contributed by atoms with Gasteiger partial charge in [0.1, 0.15) is 11.2 Å². The van der Waals surface area contributed by atoms with Crippen LogP contribution in [0, 0.1) is 94.7 Å². The average Bonchev–Trinajstić information content (AvgIpc) is 2.69. The Morgan fingerprint density at radius 3 is 0.750 bits per heavy atom. The van der Waals surface area contributed by atoms with E-state index < -0.39 is 11.2 Å². The van der Waals surface area contributed by atoms with Gasteiger partial charge in [-0.15, -0.1) is 0 Å². The van der Waals surface area contributed by atoms with Crippen molar-refractivity contribution in [1.82, 2.24) is 0 Å². The molecule has 0 bridgehead atoms. The van der Waals surface area contributed by atoms with Crippen molar-refractivity contribution in [2.45, 2.75) is 38.9 Å². The summed E-state index contributed by atoms with van der Waals surface area (Å²) in [6.07, 6.45) is 12.5. The van der Waals surface area contributed by atoms with E-state index in [1.54, 1.807) is 76.3 Å². The van der Waals surface area contributed by atoms with Crippen molar-refractivity contribution in [3.8, 4) is 94.7 Å². The maximum Gasteiger partial charge on any atom is 0.120 e. The maximum absolute atomic E-state index is 9.39. The van der Waals surface area contributed by atoms with Gasteiger partial charge in [0.15, 0.2) is 0 Å². The minimum atomic E-state index is -1.01. The largest absolute Gasteiger partial charge is 0.378 e. The second-order valence-electron chi connectivity index (χ2n) is 6.61. The zero-order chi connectivity index (χ0) is 24.0. The molecule has 0 unspecified atom stereocenters. The molecule has 0 spiro atoms. The van der Waals surface area contributed by atoms with Crippen LogP contribution in [-0.2, 0) is 0 Å². The molecule has 154 valence electrons. The summed E-state index contributed by atoms with van der Waals surface area (Å²) in [6, 6.07) is 0. The van der Waals surface area contributed by atoms with Crippen LogP contribution in [-0.4, -0.2) is 21.4 Å². The molecule has 0 heterocycles. The molecule has 0 atom stereocenters. The molecule has 0 fully saturated rings. The molecule has 0 aliphatic rings. The number of rotatable bonds is 0. The maximum atomic E-state index is 9.39. The Kier molecular flexibility index (Phi) is 14.7. The molecule has 0 aromatic heterocycles. The lowest BCUT2D eigenvalue weighted by molar-refractivity contribution is 0.143. The van der Waals surface area contributed by atoms with Crippen molar-refractivity contribution in [2.24, 2.45) is 0 Å². The topological polar surface area (TPSA) is 40.5 Å². The van der Waals surface area contributed by atoms with Gasteiger partial charge in [-0.2, -0.15) is 0 Å². The van der Waals surface area contributed by atoms with Crippen LogP contribution in [0.4, 0.5) is 0 Å². The van der Waals surface area contributed by atoms with Crippen molar-refractivity contribution in [3.63, 3.8) is 0 Å². The number of hydrogen-bond acceptors (Lipinski definition) is 2. The van der Waals surface area contributed by atoms with E-state index in [-0.39, 0.29) is 0 Å². The Hall–Kier alpha value is -4.64. The lowest BCUT2D eigenvalue weighted by Crippen LogP contribution is -2.14. The molecule has 2 nitrogen and oxygen atoms in total. The van der Waals surface area contributed by atoms with Gasteiger partial charge < -0.3 is 10.2 Å². The van der Waals surface area contributed by atoms with E-state index in [4.69, 9.17) is 0 Å². The molecule has 0 amide bonds. The normalized spacial score (nSPS) is 9.56. The second-order valence-corrected chi connectivity index (χ2v) is 6.61. The van der Waals surface area contributed by atoms with E-state index in [1.807, 2.05) is 0 Å². The van der Waals surface area contributed by atoms with E-state index >= 15 is 0 Å². The molecular weight excluding hydrogens is 392 g/mol. The Morgan fingerprint density at radius 2 is 0.562 bits per heavy atom. The fraction of sp³-hybridized carbons (Fsp3) is 0.200. The molecule has 0 aromatic rings. The summed E-state index contributed by atoms with van der Waals surface area (Å²) in [7, 11) is 0. The lowest BCUT2D eigenvalue weighted by Gasteiger charge is -2.04. The fourth-order valence-corrected chi connectivity index (χ4v) is 1.24. The molecule has 2 heteroatoms. The molecule has 2 N–H and O–H groups in total. The SMILES string of the molecule is CC(C)(O)C#C/C=C/C#CC#C/C=C/C#CC#C/C=C/C#CC#C/C=C/C#CC(C)(C)O. The minimum Gasteiger partial charge on any atom is -0.378 e. The summed E-state index contributed by atoms with van der Waals surface area (Å²) < 4.78 is 0. The number of aliphatic hydroxyl groups is 2. The van der Waals surface area contributed by atoms with Gasteiger partial charge in [-0.25, -0.2) is 0 Å². The Labute approximate surface area is 192 Å². The predicted molar refractivity (Wildman–Crippen MR) is 131 cm³/mol. The second kappa shape index (κ2) is 17.2. The molecular formula is C30H22O2. The highest BCUT2D eigenvalue weighted by molar-refractivity contribution is 5.40. The van der Waals surface area contributed by atoms with Crippen molar-refractivity contribution >= 4 is 0 Å². The monoisotopic (exact) mass is 414 g/mol. The molecule has 0 radical (unpaired) electrons. The third-order valence-electron chi connectivity index (χ3n) is 2.38. The fourth-order valence-electron chi connectivity index (χ4n) is 1.24. The van der Waals surface area contributed by atoms with E-state index in [2.05, 4.69) is 94.7 Å². The van der Waals surface area contributed by atoms with Crippen molar-refractivity contribution in [2.75, 3.05) is 0 Å². The van der Waals surface area contributed by atoms with E-state index in [0.29, 0.717) is 0 Å². The first kappa shape index (κ1) is 27.4. The summed E-state index contributed by atoms with van der Waals surface area (Å²) in [4.78, 5) is 0. The summed E-state index contributed by atoms with van der Waals surface area (Å²) in [6.45, 7) is 6.43. The molecule has 0 aliphatic heterocycles. The summed E-state index contributed by atoms with van der Waals surface area (Å²) in [5.74, 6) is 42.8. The molecule has 0 rings (SSSR count). The summed E-state index contributed by atoms with van der Waals surface area (Å²) >= 11 is 0. The van der Waals surface area contributed by atoms with E-state index in [1.165, 1.54) is 0 Å². The summed E-state index contributed by atoms with van der Waals surface area (Å²) in [5.41, 5.74) is -2.02. The van der Waals surface area contributed by atoms with Gasteiger partial charge in [0.25, 0.3) is 0 Å². The molecule has 0 aromatic carbocycles. The Bertz CT molecular complexity index is 1150. The molecule has 0 saturated carbocycles. The van der Waals surface area contributed by atoms with E-state index in [9.17, 15) is 10.2 Å². The van der Waals surface area contributed by atoms with Gasteiger partial charge >= 0.3 is 0 Å². The van der Waals surface area contributed by atoms with Crippen LogP contribution in [0.25, 0.3) is 0 Å². The van der Waals surface area contributed by atoms with Gasteiger partial charge in [-0.3, -0.25) is 0 Å². The molecule has 0 aliphatic carbocycles. The highest BCUT2D eigenvalue weighted by Crippen LogP contribution is 1.96. The third kappa shape index (κ3) is 25.4.